The number of para-hydroxylation sites is 1. The molecule has 0 atom stereocenters. The summed E-state index contributed by atoms with van der Waals surface area (Å²) < 4.78 is 0. The molecule has 1 aromatic heterocycles. The van der Waals surface area contributed by atoms with Crippen molar-refractivity contribution in [2.24, 2.45) is 0 Å². The number of benzene rings is 3. The van der Waals surface area contributed by atoms with Gasteiger partial charge in [0, 0.05) is 12.1 Å². The Morgan fingerprint density at radius 1 is 0.815 bits per heavy atom. The number of fused-ring (bicyclic) bond motifs is 1. The van der Waals surface area contributed by atoms with Crippen LogP contribution in [0.1, 0.15) is 15.9 Å². The molecule has 4 rings (SSSR count). The van der Waals surface area contributed by atoms with Gasteiger partial charge in [-0.05, 0) is 34.2 Å². The summed E-state index contributed by atoms with van der Waals surface area (Å²) in [6.45, 7) is 0.361. The zero-order chi connectivity index (χ0) is 18.6. The molecule has 0 unspecified atom stereocenters. The summed E-state index contributed by atoms with van der Waals surface area (Å²) in [5.41, 5.74) is 3.70. The first kappa shape index (κ1) is 16.8. The maximum absolute atomic E-state index is 12.4. The Kier molecular flexibility index (Phi) is 4.54. The molecule has 2 N–H and O–H groups in total. The van der Waals surface area contributed by atoms with Gasteiger partial charge in [0.2, 0.25) is 0 Å². The molecule has 0 bridgehead atoms. The van der Waals surface area contributed by atoms with E-state index in [1.165, 1.54) is 0 Å². The summed E-state index contributed by atoms with van der Waals surface area (Å²) >= 11 is 0. The zero-order valence-electron chi connectivity index (χ0n) is 14.6. The van der Waals surface area contributed by atoms with Crippen LogP contribution in [0.4, 0.5) is 0 Å². The number of carbonyl (C=O) groups excluding carboxylic acids is 1. The van der Waals surface area contributed by atoms with E-state index in [4.69, 9.17) is 0 Å². The quantitative estimate of drug-likeness (QED) is 0.579. The molecule has 0 aliphatic heterocycles. The number of hydrogen-bond donors (Lipinski definition) is 2. The van der Waals surface area contributed by atoms with E-state index in [1.54, 1.807) is 6.07 Å². The van der Waals surface area contributed by atoms with Crippen molar-refractivity contribution >= 4 is 16.8 Å². The normalized spacial score (nSPS) is 10.7. The Morgan fingerprint density at radius 2 is 1.48 bits per heavy atom. The topological polar surface area (TPSA) is 62.0 Å². The van der Waals surface area contributed by atoms with Crippen molar-refractivity contribution in [1.82, 2.24) is 10.3 Å². The largest absolute Gasteiger partial charge is 0.348 e. The summed E-state index contributed by atoms with van der Waals surface area (Å²) in [5.74, 6) is -0.380. The molecular formula is C23H18N2O2. The number of hydrogen-bond acceptors (Lipinski definition) is 2. The molecule has 0 spiro atoms. The highest BCUT2D eigenvalue weighted by atomic mass is 16.2. The van der Waals surface area contributed by atoms with E-state index in [-0.39, 0.29) is 17.0 Å². The maximum atomic E-state index is 12.4. The Balaban J connectivity index is 1.48. The standard InChI is InChI=1S/C23H18N2O2/c26-22(20-14-19-8-4-5-9-21(19)25-23(20)27)24-15-16-10-12-18(13-11-16)17-6-2-1-3-7-17/h1-14H,15H2,(H,24,26)(H,25,27). The van der Waals surface area contributed by atoms with Gasteiger partial charge in [-0.3, -0.25) is 9.59 Å². The highest BCUT2D eigenvalue weighted by Crippen LogP contribution is 2.19. The number of H-pyrrole nitrogens is 1. The van der Waals surface area contributed by atoms with E-state index in [1.807, 2.05) is 66.7 Å². The van der Waals surface area contributed by atoms with Crippen LogP contribution < -0.4 is 10.9 Å². The molecule has 1 amide bonds. The molecule has 1 heterocycles. The van der Waals surface area contributed by atoms with Crippen LogP contribution >= 0.6 is 0 Å². The van der Waals surface area contributed by atoms with Crippen LogP contribution in [0, 0.1) is 0 Å². The minimum Gasteiger partial charge on any atom is -0.348 e. The molecule has 4 nitrogen and oxygen atoms in total. The van der Waals surface area contributed by atoms with Crippen molar-refractivity contribution < 1.29 is 4.79 Å². The second kappa shape index (κ2) is 7.30. The predicted octanol–water partition coefficient (Wildman–Crippen LogP) is 4.13. The van der Waals surface area contributed by atoms with Crippen LogP contribution in [0.15, 0.2) is 89.7 Å². The van der Waals surface area contributed by atoms with Crippen molar-refractivity contribution in [1.29, 1.82) is 0 Å². The smallest absolute Gasteiger partial charge is 0.261 e. The van der Waals surface area contributed by atoms with Gasteiger partial charge in [-0.2, -0.15) is 0 Å². The summed E-state index contributed by atoms with van der Waals surface area (Å²) in [7, 11) is 0. The van der Waals surface area contributed by atoms with Crippen LogP contribution in [0.2, 0.25) is 0 Å². The average Bonchev–Trinajstić information content (AvgIpc) is 2.72. The van der Waals surface area contributed by atoms with Crippen molar-refractivity contribution in [3.63, 3.8) is 0 Å². The van der Waals surface area contributed by atoms with Gasteiger partial charge >= 0.3 is 0 Å². The number of aromatic amines is 1. The minimum atomic E-state index is -0.384. The summed E-state index contributed by atoms with van der Waals surface area (Å²) in [5, 5.41) is 3.65. The van der Waals surface area contributed by atoms with Gasteiger partial charge < -0.3 is 10.3 Å². The third kappa shape index (κ3) is 3.65. The molecule has 0 fully saturated rings. The van der Waals surface area contributed by atoms with Crippen molar-refractivity contribution in [3.05, 3.63) is 106 Å². The lowest BCUT2D eigenvalue weighted by atomic mass is 10.0. The average molecular weight is 354 g/mol. The van der Waals surface area contributed by atoms with Crippen molar-refractivity contribution in [2.75, 3.05) is 0 Å². The van der Waals surface area contributed by atoms with E-state index in [0.717, 1.165) is 27.6 Å². The maximum Gasteiger partial charge on any atom is 0.261 e. The molecule has 0 radical (unpaired) electrons. The summed E-state index contributed by atoms with van der Waals surface area (Å²) in [4.78, 5) is 27.4. The molecule has 0 saturated carbocycles. The molecule has 0 saturated heterocycles. The molecular weight excluding hydrogens is 336 g/mol. The number of nitrogens with one attached hydrogen (secondary N) is 2. The number of amides is 1. The Morgan fingerprint density at radius 3 is 2.26 bits per heavy atom. The number of aromatic nitrogens is 1. The fraction of sp³-hybridized carbons (Fsp3) is 0.0435. The second-order valence-electron chi connectivity index (χ2n) is 6.35. The minimum absolute atomic E-state index is 0.120. The molecule has 4 heteroatoms. The monoisotopic (exact) mass is 354 g/mol. The van der Waals surface area contributed by atoms with E-state index in [0.29, 0.717) is 6.54 Å². The molecule has 0 aliphatic carbocycles. The third-order valence-electron chi connectivity index (χ3n) is 4.51. The van der Waals surface area contributed by atoms with Gasteiger partial charge in [0.1, 0.15) is 5.56 Å². The lowest BCUT2D eigenvalue weighted by molar-refractivity contribution is 0.0949. The Labute approximate surface area is 156 Å². The van der Waals surface area contributed by atoms with E-state index >= 15 is 0 Å². The van der Waals surface area contributed by atoms with Crippen LogP contribution in [0.25, 0.3) is 22.0 Å². The third-order valence-corrected chi connectivity index (χ3v) is 4.51. The molecule has 27 heavy (non-hydrogen) atoms. The fourth-order valence-electron chi connectivity index (χ4n) is 3.04. The molecule has 3 aromatic carbocycles. The molecule has 0 aliphatic rings. The lowest BCUT2D eigenvalue weighted by Gasteiger charge is -2.07. The van der Waals surface area contributed by atoms with Crippen molar-refractivity contribution in [2.45, 2.75) is 6.54 Å². The van der Waals surface area contributed by atoms with Crippen molar-refractivity contribution in [3.8, 4) is 11.1 Å². The van der Waals surface area contributed by atoms with Gasteiger partial charge in [-0.25, -0.2) is 0 Å². The second-order valence-corrected chi connectivity index (χ2v) is 6.35. The number of rotatable bonds is 4. The first-order valence-corrected chi connectivity index (χ1v) is 8.75. The number of pyridine rings is 1. The van der Waals surface area contributed by atoms with E-state index < -0.39 is 0 Å². The molecule has 132 valence electrons. The van der Waals surface area contributed by atoms with Gasteiger partial charge in [-0.1, -0.05) is 72.8 Å². The molecule has 4 aromatic rings. The highest BCUT2D eigenvalue weighted by Gasteiger charge is 2.11. The fourth-order valence-corrected chi connectivity index (χ4v) is 3.04. The van der Waals surface area contributed by atoms with Gasteiger partial charge in [0.15, 0.2) is 0 Å². The van der Waals surface area contributed by atoms with E-state index in [2.05, 4.69) is 22.4 Å². The SMILES string of the molecule is O=C(NCc1ccc(-c2ccccc2)cc1)c1cc2ccccc2[nH]c1=O. The number of carbonyl (C=O) groups is 1. The first-order chi connectivity index (χ1) is 13.2. The van der Waals surface area contributed by atoms with Gasteiger partial charge in [-0.15, -0.1) is 0 Å². The summed E-state index contributed by atoms with van der Waals surface area (Å²) in [6, 6.07) is 27.1. The van der Waals surface area contributed by atoms with Crippen LogP contribution in [0.3, 0.4) is 0 Å². The Hall–Kier alpha value is -3.66. The van der Waals surface area contributed by atoms with Crippen LogP contribution in [0.5, 0.6) is 0 Å². The van der Waals surface area contributed by atoms with E-state index in [9.17, 15) is 9.59 Å². The Bertz CT molecular complexity index is 1150. The highest BCUT2D eigenvalue weighted by molar-refractivity contribution is 5.97. The first-order valence-electron chi connectivity index (χ1n) is 8.75. The van der Waals surface area contributed by atoms with Gasteiger partial charge in [0.25, 0.3) is 11.5 Å². The summed E-state index contributed by atoms with van der Waals surface area (Å²) in [6.07, 6.45) is 0. The van der Waals surface area contributed by atoms with Gasteiger partial charge in [0.05, 0.1) is 0 Å². The predicted molar refractivity (Wildman–Crippen MR) is 108 cm³/mol. The van der Waals surface area contributed by atoms with Crippen LogP contribution in [-0.4, -0.2) is 10.9 Å². The van der Waals surface area contributed by atoms with Crippen LogP contribution in [-0.2, 0) is 6.54 Å². The zero-order valence-corrected chi connectivity index (χ0v) is 14.6. The lowest BCUT2D eigenvalue weighted by Crippen LogP contribution is -2.29.